The second kappa shape index (κ2) is 7.66. The molecule has 0 aliphatic carbocycles. The molecule has 1 aromatic carbocycles. The summed E-state index contributed by atoms with van der Waals surface area (Å²) in [7, 11) is 0. The van der Waals surface area contributed by atoms with Gasteiger partial charge in [0.25, 0.3) is 0 Å². The Morgan fingerprint density at radius 3 is 2.57 bits per heavy atom. The lowest BCUT2D eigenvalue weighted by atomic mass is 9.89. The lowest BCUT2D eigenvalue weighted by molar-refractivity contribution is 0.0519. The molecule has 118 valence electrons. The van der Waals surface area contributed by atoms with Gasteiger partial charge in [-0.2, -0.15) is 0 Å². The fourth-order valence-electron chi connectivity index (χ4n) is 2.57. The summed E-state index contributed by atoms with van der Waals surface area (Å²) in [6.07, 6.45) is -0.337. The first-order chi connectivity index (χ1) is 9.46. The van der Waals surface area contributed by atoms with Gasteiger partial charge >= 0.3 is 6.09 Å². The molecule has 1 saturated heterocycles. The van der Waals surface area contributed by atoms with Gasteiger partial charge in [0.15, 0.2) is 0 Å². The van der Waals surface area contributed by atoms with Crippen LogP contribution in [-0.4, -0.2) is 31.3 Å². The highest BCUT2D eigenvalue weighted by molar-refractivity contribution is 5.85. The molecule has 1 fully saturated rings. The summed E-state index contributed by atoms with van der Waals surface area (Å²) in [4.78, 5) is 11.7. The van der Waals surface area contributed by atoms with E-state index in [2.05, 4.69) is 34.9 Å². The third-order valence-electron chi connectivity index (χ3n) is 3.48. The first-order valence-electron chi connectivity index (χ1n) is 7.18. The minimum Gasteiger partial charge on any atom is -0.444 e. The zero-order valence-corrected chi connectivity index (χ0v) is 13.7. The standard InChI is InChI=1S/C16H24N2O2.ClH/c1-16(2,3)20-15(19)18-10-13-9-17-11-14(13)12-7-5-4-6-8-12;/h4-8,13-14,17H,9-11H2,1-3H3,(H,18,19);1H/t13-,14-;/m0./s1. The van der Waals surface area contributed by atoms with Crippen molar-refractivity contribution in [2.24, 2.45) is 5.92 Å². The Kier molecular flexibility index (Phi) is 6.49. The summed E-state index contributed by atoms with van der Waals surface area (Å²) >= 11 is 0. The third kappa shape index (κ3) is 5.56. The number of ether oxygens (including phenoxy) is 1. The Morgan fingerprint density at radius 2 is 1.95 bits per heavy atom. The molecular weight excluding hydrogens is 288 g/mol. The summed E-state index contributed by atoms with van der Waals surface area (Å²) in [6.45, 7) is 8.14. The van der Waals surface area contributed by atoms with Crippen LogP contribution >= 0.6 is 12.4 Å². The number of nitrogens with one attached hydrogen (secondary N) is 2. The van der Waals surface area contributed by atoms with Crippen molar-refractivity contribution in [3.05, 3.63) is 35.9 Å². The summed E-state index contributed by atoms with van der Waals surface area (Å²) in [5.74, 6) is 0.857. The smallest absolute Gasteiger partial charge is 0.407 e. The molecule has 4 nitrogen and oxygen atoms in total. The van der Waals surface area contributed by atoms with Crippen molar-refractivity contribution >= 4 is 18.5 Å². The first-order valence-corrected chi connectivity index (χ1v) is 7.18. The molecule has 5 heteroatoms. The zero-order chi connectivity index (χ0) is 14.6. The highest BCUT2D eigenvalue weighted by Crippen LogP contribution is 2.27. The van der Waals surface area contributed by atoms with Crippen LogP contribution in [0, 0.1) is 5.92 Å². The molecule has 0 spiro atoms. The Hall–Kier alpha value is -1.26. The van der Waals surface area contributed by atoms with Crippen LogP contribution in [0.2, 0.25) is 0 Å². The van der Waals surface area contributed by atoms with E-state index >= 15 is 0 Å². The van der Waals surface area contributed by atoms with Gasteiger partial charge in [-0.1, -0.05) is 30.3 Å². The molecule has 1 amide bonds. The summed E-state index contributed by atoms with van der Waals surface area (Å²) in [6, 6.07) is 10.5. The highest BCUT2D eigenvalue weighted by atomic mass is 35.5. The predicted molar refractivity (Wildman–Crippen MR) is 87.0 cm³/mol. The minimum atomic E-state index is -0.448. The largest absolute Gasteiger partial charge is 0.444 e. The number of rotatable bonds is 3. The topological polar surface area (TPSA) is 50.4 Å². The maximum Gasteiger partial charge on any atom is 0.407 e. The maximum atomic E-state index is 11.7. The molecule has 0 unspecified atom stereocenters. The number of halogens is 1. The van der Waals surface area contributed by atoms with Crippen LogP contribution < -0.4 is 10.6 Å². The van der Waals surface area contributed by atoms with E-state index in [1.807, 2.05) is 26.8 Å². The van der Waals surface area contributed by atoms with Crippen LogP contribution in [0.3, 0.4) is 0 Å². The molecular formula is C16H25ClN2O2. The fourth-order valence-corrected chi connectivity index (χ4v) is 2.57. The SMILES string of the molecule is CC(C)(C)OC(=O)NC[C@@H]1CNC[C@H]1c1ccccc1.Cl. The van der Waals surface area contributed by atoms with E-state index in [1.165, 1.54) is 5.56 Å². The normalized spacial score (nSPS) is 21.5. The van der Waals surface area contributed by atoms with E-state index in [0.717, 1.165) is 13.1 Å². The van der Waals surface area contributed by atoms with Crippen LogP contribution in [0.25, 0.3) is 0 Å². The Labute approximate surface area is 133 Å². The molecule has 0 radical (unpaired) electrons. The number of amides is 1. The molecule has 0 aromatic heterocycles. The predicted octanol–water partition coefficient (Wildman–Crippen LogP) is 2.94. The van der Waals surface area contributed by atoms with E-state index in [0.29, 0.717) is 18.4 Å². The second-order valence-corrected chi connectivity index (χ2v) is 6.32. The zero-order valence-electron chi connectivity index (χ0n) is 12.9. The summed E-state index contributed by atoms with van der Waals surface area (Å²) < 4.78 is 5.27. The maximum absolute atomic E-state index is 11.7. The van der Waals surface area contributed by atoms with E-state index < -0.39 is 5.60 Å². The van der Waals surface area contributed by atoms with Crippen LogP contribution in [0.1, 0.15) is 32.3 Å². The van der Waals surface area contributed by atoms with Gasteiger partial charge in [-0.25, -0.2) is 4.79 Å². The molecule has 21 heavy (non-hydrogen) atoms. The molecule has 1 heterocycles. The quantitative estimate of drug-likeness (QED) is 0.902. The number of hydrogen-bond donors (Lipinski definition) is 2. The average Bonchev–Trinajstić information content (AvgIpc) is 2.83. The van der Waals surface area contributed by atoms with Crippen molar-refractivity contribution in [1.29, 1.82) is 0 Å². The van der Waals surface area contributed by atoms with Crippen LogP contribution in [0.5, 0.6) is 0 Å². The van der Waals surface area contributed by atoms with Crippen molar-refractivity contribution in [3.8, 4) is 0 Å². The molecule has 0 saturated carbocycles. The third-order valence-corrected chi connectivity index (χ3v) is 3.48. The van der Waals surface area contributed by atoms with Crippen molar-refractivity contribution < 1.29 is 9.53 Å². The average molecular weight is 313 g/mol. The van der Waals surface area contributed by atoms with Gasteiger partial charge in [-0.3, -0.25) is 0 Å². The highest BCUT2D eigenvalue weighted by Gasteiger charge is 2.29. The lowest BCUT2D eigenvalue weighted by Crippen LogP contribution is -2.36. The molecule has 2 rings (SSSR count). The van der Waals surface area contributed by atoms with Gasteiger partial charge in [-0.15, -0.1) is 12.4 Å². The van der Waals surface area contributed by atoms with Crippen molar-refractivity contribution in [3.63, 3.8) is 0 Å². The molecule has 1 aliphatic rings. The van der Waals surface area contributed by atoms with Gasteiger partial charge in [0, 0.05) is 25.6 Å². The van der Waals surface area contributed by atoms with Crippen molar-refractivity contribution in [2.45, 2.75) is 32.3 Å². The molecule has 2 N–H and O–H groups in total. The van der Waals surface area contributed by atoms with E-state index in [-0.39, 0.29) is 18.5 Å². The number of benzene rings is 1. The van der Waals surface area contributed by atoms with E-state index in [9.17, 15) is 4.79 Å². The van der Waals surface area contributed by atoms with Crippen molar-refractivity contribution in [2.75, 3.05) is 19.6 Å². The number of carbonyl (C=O) groups is 1. The van der Waals surface area contributed by atoms with Crippen LogP contribution in [0.15, 0.2) is 30.3 Å². The molecule has 1 aliphatic heterocycles. The van der Waals surface area contributed by atoms with E-state index in [4.69, 9.17) is 4.74 Å². The fraction of sp³-hybridized carbons (Fsp3) is 0.562. The summed E-state index contributed by atoms with van der Waals surface area (Å²) in [5.41, 5.74) is 0.880. The Balaban J connectivity index is 0.00000220. The van der Waals surface area contributed by atoms with Gasteiger partial charge in [0.2, 0.25) is 0 Å². The second-order valence-electron chi connectivity index (χ2n) is 6.32. The monoisotopic (exact) mass is 312 g/mol. The van der Waals surface area contributed by atoms with Gasteiger partial charge in [0.1, 0.15) is 5.60 Å². The summed E-state index contributed by atoms with van der Waals surface area (Å²) in [5, 5.41) is 6.28. The van der Waals surface area contributed by atoms with Crippen LogP contribution in [-0.2, 0) is 4.74 Å². The van der Waals surface area contributed by atoms with Crippen LogP contribution in [0.4, 0.5) is 4.79 Å². The Morgan fingerprint density at radius 1 is 1.29 bits per heavy atom. The van der Waals surface area contributed by atoms with Gasteiger partial charge in [-0.05, 0) is 32.3 Å². The molecule has 1 aromatic rings. The number of carbonyl (C=O) groups excluding carboxylic acids is 1. The van der Waals surface area contributed by atoms with Gasteiger partial charge < -0.3 is 15.4 Å². The van der Waals surface area contributed by atoms with Crippen molar-refractivity contribution in [1.82, 2.24) is 10.6 Å². The first kappa shape index (κ1) is 17.8. The molecule has 0 bridgehead atoms. The Bertz CT molecular complexity index is 445. The number of hydrogen-bond acceptors (Lipinski definition) is 3. The molecule has 2 atom stereocenters. The van der Waals surface area contributed by atoms with E-state index in [1.54, 1.807) is 0 Å². The van der Waals surface area contributed by atoms with Gasteiger partial charge in [0.05, 0.1) is 0 Å². The lowest BCUT2D eigenvalue weighted by Gasteiger charge is -2.22. The minimum absolute atomic E-state index is 0. The number of alkyl carbamates (subject to hydrolysis) is 1.